The van der Waals surface area contributed by atoms with Crippen molar-refractivity contribution in [3.05, 3.63) is 59.7 Å². The lowest BCUT2D eigenvalue weighted by molar-refractivity contribution is 0.0697. The Labute approximate surface area is 135 Å². The highest BCUT2D eigenvalue weighted by Gasteiger charge is 2.10. The first-order valence-corrected chi connectivity index (χ1v) is 7.71. The van der Waals surface area contributed by atoms with E-state index < -0.39 is 5.97 Å². The van der Waals surface area contributed by atoms with Gasteiger partial charge in [0, 0.05) is 31.0 Å². The molecule has 1 heterocycles. The van der Waals surface area contributed by atoms with Crippen molar-refractivity contribution in [3.8, 4) is 0 Å². The molecule has 120 valence electrons. The van der Waals surface area contributed by atoms with Crippen molar-refractivity contribution >= 4 is 17.3 Å². The van der Waals surface area contributed by atoms with E-state index >= 15 is 0 Å². The summed E-state index contributed by atoms with van der Waals surface area (Å²) in [7, 11) is 0. The van der Waals surface area contributed by atoms with Gasteiger partial charge in [-0.15, -0.1) is 0 Å². The highest BCUT2D eigenvalue weighted by molar-refractivity contribution is 5.87. The fraction of sp³-hybridized carbons (Fsp3) is 0.278. The van der Waals surface area contributed by atoms with Crippen LogP contribution >= 0.6 is 0 Å². The normalized spacial score (nSPS) is 14.5. The summed E-state index contributed by atoms with van der Waals surface area (Å²) < 4.78 is 5.36. The average molecular weight is 312 g/mol. The molecule has 0 radical (unpaired) electrons. The van der Waals surface area contributed by atoms with Crippen LogP contribution in [-0.4, -0.2) is 37.4 Å². The maximum absolute atomic E-state index is 10.8. The number of carboxylic acid groups (broad SMARTS) is 1. The van der Waals surface area contributed by atoms with Gasteiger partial charge in [-0.2, -0.15) is 0 Å². The summed E-state index contributed by atoms with van der Waals surface area (Å²) in [5.41, 5.74) is 3.62. The van der Waals surface area contributed by atoms with Gasteiger partial charge in [0.25, 0.3) is 0 Å². The van der Waals surface area contributed by atoms with E-state index in [0.717, 1.165) is 37.6 Å². The van der Waals surface area contributed by atoms with Crippen LogP contribution in [0.1, 0.15) is 15.9 Å². The fourth-order valence-corrected chi connectivity index (χ4v) is 2.58. The number of aromatic carboxylic acids is 1. The summed E-state index contributed by atoms with van der Waals surface area (Å²) >= 11 is 0. The van der Waals surface area contributed by atoms with Gasteiger partial charge in [0.1, 0.15) is 0 Å². The maximum Gasteiger partial charge on any atom is 0.335 e. The molecule has 1 aliphatic rings. The minimum atomic E-state index is -0.900. The van der Waals surface area contributed by atoms with Crippen LogP contribution in [-0.2, 0) is 11.3 Å². The Hall–Kier alpha value is -2.53. The number of morpholine rings is 1. The number of nitrogens with zero attached hydrogens (tertiary/aromatic N) is 1. The number of benzene rings is 2. The van der Waals surface area contributed by atoms with Crippen LogP contribution in [0.2, 0.25) is 0 Å². The lowest BCUT2D eigenvalue weighted by atomic mass is 10.1. The van der Waals surface area contributed by atoms with Crippen molar-refractivity contribution < 1.29 is 14.6 Å². The lowest BCUT2D eigenvalue weighted by Crippen LogP contribution is -2.36. The topological polar surface area (TPSA) is 61.8 Å². The molecule has 0 bridgehead atoms. The van der Waals surface area contributed by atoms with Crippen LogP contribution in [0, 0.1) is 0 Å². The molecule has 2 aromatic carbocycles. The van der Waals surface area contributed by atoms with Crippen LogP contribution in [0.25, 0.3) is 0 Å². The third kappa shape index (κ3) is 4.02. The van der Waals surface area contributed by atoms with Gasteiger partial charge < -0.3 is 20.1 Å². The van der Waals surface area contributed by atoms with Crippen molar-refractivity contribution in [1.82, 2.24) is 0 Å². The van der Waals surface area contributed by atoms with Crippen molar-refractivity contribution in [2.24, 2.45) is 0 Å². The molecular formula is C18H20N2O3. The number of carbonyl (C=O) groups is 1. The molecule has 1 fully saturated rings. The zero-order chi connectivity index (χ0) is 16.1. The van der Waals surface area contributed by atoms with Crippen LogP contribution in [0.4, 0.5) is 11.4 Å². The maximum atomic E-state index is 10.8. The Balaban J connectivity index is 1.56. The highest BCUT2D eigenvalue weighted by atomic mass is 16.5. The number of carboxylic acids is 1. The number of hydrogen-bond acceptors (Lipinski definition) is 4. The Kier molecular flexibility index (Phi) is 4.78. The van der Waals surface area contributed by atoms with E-state index in [9.17, 15) is 4.79 Å². The standard InChI is InChI=1S/C18H20N2O3/c21-18(22)15-3-1-14(2-4-15)13-19-16-5-7-17(8-6-16)20-9-11-23-12-10-20/h1-8,19H,9-13H2,(H,21,22). The Morgan fingerprint density at radius 3 is 2.30 bits per heavy atom. The van der Waals surface area contributed by atoms with Crippen molar-refractivity contribution in [2.45, 2.75) is 6.54 Å². The number of nitrogens with one attached hydrogen (secondary N) is 1. The van der Waals surface area contributed by atoms with Gasteiger partial charge >= 0.3 is 5.97 Å². The summed E-state index contributed by atoms with van der Waals surface area (Å²) in [5.74, 6) is -0.900. The Morgan fingerprint density at radius 2 is 1.70 bits per heavy atom. The van der Waals surface area contributed by atoms with E-state index in [4.69, 9.17) is 9.84 Å². The first-order chi connectivity index (χ1) is 11.2. The minimum Gasteiger partial charge on any atom is -0.478 e. The summed E-state index contributed by atoms with van der Waals surface area (Å²) in [6, 6.07) is 15.3. The molecule has 1 aliphatic heterocycles. The van der Waals surface area contributed by atoms with E-state index in [0.29, 0.717) is 12.1 Å². The predicted octanol–water partition coefficient (Wildman–Crippen LogP) is 2.83. The Bertz CT molecular complexity index is 647. The highest BCUT2D eigenvalue weighted by Crippen LogP contribution is 2.19. The summed E-state index contributed by atoms with van der Waals surface area (Å²) in [6.07, 6.45) is 0. The summed E-state index contributed by atoms with van der Waals surface area (Å²) in [4.78, 5) is 13.1. The molecule has 0 aromatic heterocycles. The van der Waals surface area contributed by atoms with E-state index in [2.05, 4.69) is 34.5 Å². The van der Waals surface area contributed by atoms with Crippen LogP contribution in [0.15, 0.2) is 48.5 Å². The van der Waals surface area contributed by atoms with Crippen LogP contribution in [0.5, 0.6) is 0 Å². The number of ether oxygens (including phenoxy) is 1. The molecule has 1 saturated heterocycles. The Morgan fingerprint density at radius 1 is 1.04 bits per heavy atom. The third-order valence-corrected chi connectivity index (χ3v) is 3.94. The largest absolute Gasteiger partial charge is 0.478 e. The number of rotatable bonds is 5. The van der Waals surface area contributed by atoms with Gasteiger partial charge in [-0.1, -0.05) is 12.1 Å². The molecule has 0 atom stereocenters. The third-order valence-electron chi connectivity index (χ3n) is 3.94. The zero-order valence-corrected chi connectivity index (χ0v) is 12.9. The van der Waals surface area contributed by atoms with Crippen molar-refractivity contribution in [3.63, 3.8) is 0 Å². The minimum absolute atomic E-state index is 0.309. The molecule has 23 heavy (non-hydrogen) atoms. The molecule has 0 saturated carbocycles. The first-order valence-electron chi connectivity index (χ1n) is 7.71. The molecule has 2 aromatic rings. The fourth-order valence-electron chi connectivity index (χ4n) is 2.58. The second-order valence-corrected chi connectivity index (χ2v) is 5.50. The molecule has 0 spiro atoms. The van der Waals surface area contributed by atoms with Gasteiger partial charge in [0.15, 0.2) is 0 Å². The monoisotopic (exact) mass is 312 g/mol. The van der Waals surface area contributed by atoms with Gasteiger partial charge in [-0.25, -0.2) is 4.79 Å². The van der Waals surface area contributed by atoms with E-state index in [-0.39, 0.29) is 0 Å². The van der Waals surface area contributed by atoms with Crippen LogP contribution < -0.4 is 10.2 Å². The molecule has 0 aliphatic carbocycles. The van der Waals surface area contributed by atoms with E-state index in [1.807, 2.05) is 12.1 Å². The zero-order valence-electron chi connectivity index (χ0n) is 12.9. The van der Waals surface area contributed by atoms with Crippen molar-refractivity contribution in [2.75, 3.05) is 36.5 Å². The summed E-state index contributed by atoms with van der Waals surface area (Å²) in [5, 5.41) is 12.2. The molecule has 5 nitrogen and oxygen atoms in total. The molecular weight excluding hydrogens is 292 g/mol. The van der Waals surface area contributed by atoms with E-state index in [1.165, 1.54) is 5.69 Å². The van der Waals surface area contributed by atoms with Gasteiger partial charge in [-0.3, -0.25) is 0 Å². The molecule has 2 N–H and O–H groups in total. The molecule has 5 heteroatoms. The van der Waals surface area contributed by atoms with Gasteiger partial charge in [-0.05, 0) is 42.0 Å². The van der Waals surface area contributed by atoms with E-state index in [1.54, 1.807) is 12.1 Å². The number of hydrogen-bond donors (Lipinski definition) is 2. The predicted molar refractivity (Wildman–Crippen MR) is 90.2 cm³/mol. The smallest absolute Gasteiger partial charge is 0.335 e. The van der Waals surface area contributed by atoms with Crippen molar-refractivity contribution in [1.29, 1.82) is 0 Å². The molecule has 0 amide bonds. The molecule has 0 unspecified atom stereocenters. The SMILES string of the molecule is O=C(O)c1ccc(CNc2ccc(N3CCOCC3)cc2)cc1. The molecule has 3 rings (SSSR count). The second-order valence-electron chi connectivity index (χ2n) is 5.50. The summed E-state index contributed by atoms with van der Waals surface area (Å²) in [6.45, 7) is 4.10. The second kappa shape index (κ2) is 7.15. The average Bonchev–Trinajstić information content (AvgIpc) is 2.61. The van der Waals surface area contributed by atoms with Gasteiger partial charge in [0.2, 0.25) is 0 Å². The lowest BCUT2D eigenvalue weighted by Gasteiger charge is -2.28. The van der Waals surface area contributed by atoms with Gasteiger partial charge in [0.05, 0.1) is 18.8 Å². The quantitative estimate of drug-likeness (QED) is 0.889. The first kappa shape index (κ1) is 15.4. The van der Waals surface area contributed by atoms with Crippen LogP contribution in [0.3, 0.4) is 0 Å². The number of anilines is 2.